The summed E-state index contributed by atoms with van der Waals surface area (Å²) in [6.07, 6.45) is 0. The molecule has 37 heavy (non-hydrogen) atoms. The summed E-state index contributed by atoms with van der Waals surface area (Å²) in [4.78, 5) is 7.87. The van der Waals surface area contributed by atoms with Crippen LogP contribution in [-0.2, 0) is 16.4 Å². The van der Waals surface area contributed by atoms with Crippen LogP contribution in [0, 0.1) is 5.82 Å². The third-order valence-electron chi connectivity index (χ3n) is 6.02. The van der Waals surface area contributed by atoms with Crippen molar-refractivity contribution in [1.82, 2.24) is 10.3 Å². The first-order valence-corrected chi connectivity index (χ1v) is 13.1. The van der Waals surface area contributed by atoms with Crippen LogP contribution >= 0.6 is 0 Å². The zero-order valence-corrected chi connectivity index (χ0v) is 20.8. The topological polar surface area (TPSA) is 94.5 Å². The number of hydrogen-bond donors (Lipinski definition) is 3. The number of nitrogens with one attached hydrogen (secondary N) is 2. The predicted molar refractivity (Wildman–Crippen MR) is 143 cm³/mol. The number of fused-ring (bicyclic) bond motifs is 1. The molecule has 1 heterocycles. The van der Waals surface area contributed by atoms with Gasteiger partial charge in [0.1, 0.15) is 5.82 Å². The minimum absolute atomic E-state index is 0.0202. The number of halogens is 1. The first-order chi connectivity index (χ1) is 17.9. The molecule has 1 aromatic heterocycles. The molecule has 0 unspecified atom stereocenters. The Kier molecular flexibility index (Phi) is 6.60. The SMILES string of the molecule is CNCc1cc2[nH]c(O)c(C(=Nc3ccccc3)c3ccccc3)c2cc1S(=O)(=O)c1ccc(F)cc1. The highest BCUT2D eigenvalue weighted by Gasteiger charge is 2.26. The molecule has 5 aromatic rings. The molecule has 0 aliphatic heterocycles. The summed E-state index contributed by atoms with van der Waals surface area (Å²) >= 11 is 0. The summed E-state index contributed by atoms with van der Waals surface area (Å²) in [5, 5.41) is 14.6. The minimum Gasteiger partial charge on any atom is -0.494 e. The van der Waals surface area contributed by atoms with Gasteiger partial charge in [-0.3, -0.25) is 0 Å². The number of H-pyrrole nitrogens is 1. The van der Waals surface area contributed by atoms with Gasteiger partial charge in [-0.05, 0) is 61.1 Å². The Morgan fingerprint density at radius 2 is 1.59 bits per heavy atom. The molecule has 0 bridgehead atoms. The van der Waals surface area contributed by atoms with Crippen LogP contribution in [0.5, 0.6) is 5.88 Å². The fraction of sp³-hybridized carbons (Fsp3) is 0.0690. The molecule has 0 aliphatic carbocycles. The third-order valence-corrected chi connectivity index (χ3v) is 7.87. The standard InChI is InChI=1S/C29H24FN3O3S/c1-31-18-20-16-25-24(17-26(20)37(35,36)23-14-12-21(30)13-15-23)27(29(34)33-25)28(19-8-4-2-5-9-19)32-22-10-6-3-7-11-22/h2-17,31,33-34H,18H2,1H3. The molecule has 186 valence electrons. The lowest BCUT2D eigenvalue weighted by atomic mass is 10.00. The Morgan fingerprint density at radius 1 is 0.946 bits per heavy atom. The van der Waals surface area contributed by atoms with E-state index in [1.807, 2.05) is 60.7 Å². The smallest absolute Gasteiger partial charge is 0.206 e. The van der Waals surface area contributed by atoms with Crippen LogP contribution in [0.2, 0.25) is 0 Å². The maximum absolute atomic E-state index is 13.7. The van der Waals surface area contributed by atoms with Crippen molar-refractivity contribution >= 4 is 32.1 Å². The van der Waals surface area contributed by atoms with Gasteiger partial charge < -0.3 is 15.4 Å². The first-order valence-electron chi connectivity index (χ1n) is 11.6. The van der Waals surface area contributed by atoms with Crippen molar-refractivity contribution in [2.75, 3.05) is 7.05 Å². The fourth-order valence-electron chi connectivity index (χ4n) is 4.30. The molecular weight excluding hydrogens is 489 g/mol. The molecule has 0 aliphatic rings. The van der Waals surface area contributed by atoms with Crippen molar-refractivity contribution in [3.63, 3.8) is 0 Å². The summed E-state index contributed by atoms with van der Waals surface area (Å²) in [5.41, 5.74) is 3.38. The fourth-order valence-corrected chi connectivity index (χ4v) is 5.80. The van der Waals surface area contributed by atoms with Crippen LogP contribution in [0.1, 0.15) is 16.7 Å². The van der Waals surface area contributed by atoms with Gasteiger partial charge in [0, 0.05) is 23.0 Å². The van der Waals surface area contributed by atoms with E-state index in [4.69, 9.17) is 4.99 Å². The first kappa shape index (κ1) is 24.4. The number of nitrogens with zero attached hydrogens (tertiary/aromatic N) is 1. The van der Waals surface area contributed by atoms with Crippen LogP contribution in [0.4, 0.5) is 10.1 Å². The average Bonchev–Trinajstić information content (AvgIpc) is 3.22. The molecule has 0 spiro atoms. The van der Waals surface area contributed by atoms with Crippen molar-refractivity contribution in [2.24, 2.45) is 4.99 Å². The van der Waals surface area contributed by atoms with Gasteiger partial charge in [0.05, 0.1) is 26.8 Å². The number of aromatic nitrogens is 1. The van der Waals surface area contributed by atoms with E-state index < -0.39 is 15.7 Å². The van der Waals surface area contributed by atoms with Gasteiger partial charge >= 0.3 is 0 Å². The number of hydrogen-bond acceptors (Lipinski definition) is 5. The number of aromatic hydroxyl groups is 1. The molecule has 5 rings (SSSR count). The number of aliphatic imine (C=N–C) groups is 1. The highest BCUT2D eigenvalue weighted by Crippen LogP contribution is 2.36. The zero-order chi connectivity index (χ0) is 26.0. The number of para-hydroxylation sites is 1. The van der Waals surface area contributed by atoms with Crippen molar-refractivity contribution in [1.29, 1.82) is 0 Å². The lowest BCUT2D eigenvalue weighted by Crippen LogP contribution is -2.12. The molecular formula is C29H24FN3O3S. The van der Waals surface area contributed by atoms with Crippen LogP contribution in [0.15, 0.2) is 112 Å². The number of sulfone groups is 1. The van der Waals surface area contributed by atoms with Crippen LogP contribution in [0.3, 0.4) is 0 Å². The van der Waals surface area contributed by atoms with E-state index in [0.717, 1.165) is 17.7 Å². The second-order valence-corrected chi connectivity index (χ2v) is 10.4. The van der Waals surface area contributed by atoms with E-state index in [1.54, 1.807) is 19.2 Å². The largest absolute Gasteiger partial charge is 0.494 e. The monoisotopic (exact) mass is 513 g/mol. The van der Waals surface area contributed by atoms with Crippen molar-refractivity contribution in [3.05, 3.63) is 120 Å². The molecule has 0 atom stereocenters. The number of benzene rings is 4. The summed E-state index contributed by atoms with van der Waals surface area (Å²) < 4.78 is 40.9. The van der Waals surface area contributed by atoms with Gasteiger partial charge in [0.25, 0.3) is 0 Å². The number of rotatable bonds is 7. The minimum atomic E-state index is -4.00. The van der Waals surface area contributed by atoms with Gasteiger partial charge in [-0.1, -0.05) is 48.5 Å². The molecule has 0 saturated carbocycles. The molecule has 6 nitrogen and oxygen atoms in total. The van der Waals surface area contributed by atoms with Gasteiger partial charge in [0.15, 0.2) is 5.88 Å². The molecule has 0 fully saturated rings. The highest BCUT2D eigenvalue weighted by atomic mass is 32.2. The molecule has 0 radical (unpaired) electrons. The van der Waals surface area contributed by atoms with E-state index in [9.17, 15) is 17.9 Å². The average molecular weight is 514 g/mol. The predicted octanol–water partition coefficient (Wildman–Crippen LogP) is 5.73. The van der Waals surface area contributed by atoms with Crippen molar-refractivity contribution < 1.29 is 17.9 Å². The summed E-state index contributed by atoms with van der Waals surface area (Å²) in [7, 11) is -2.28. The third kappa shape index (κ3) is 4.76. The van der Waals surface area contributed by atoms with E-state index in [0.29, 0.717) is 33.4 Å². The molecule has 0 amide bonds. The zero-order valence-electron chi connectivity index (χ0n) is 19.9. The molecule has 3 N–H and O–H groups in total. The Morgan fingerprint density at radius 3 is 2.24 bits per heavy atom. The lowest BCUT2D eigenvalue weighted by Gasteiger charge is -2.13. The Labute approximate surface area is 214 Å². The maximum atomic E-state index is 13.7. The van der Waals surface area contributed by atoms with E-state index in [1.165, 1.54) is 12.1 Å². The molecule has 0 saturated heterocycles. The lowest BCUT2D eigenvalue weighted by molar-refractivity contribution is 0.457. The molecule has 4 aromatic carbocycles. The highest BCUT2D eigenvalue weighted by molar-refractivity contribution is 7.91. The molecule has 8 heteroatoms. The summed E-state index contributed by atoms with van der Waals surface area (Å²) in [6, 6.07) is 26.7. The van der Waals surface area contributed by atoms with Crippen LogP contribution in [0.25, 0.3) is 10.9 Å². The summed E-state index contributed by atoms with van der Waals surface area (Å²) in [5.74, 6) is -0.646. The second kappa shape index (κ2) is 10.0. The van der Waals surface area contributed by atoms with E-state index in [-0.39, 0.29) is 22.2 Å². The maximum Gasteiger partial charge on any atom is 0.206 e. The van der Waals surface area contributed by atoms with Gasteiger partial charge in [-0.2, -0.15) is 0 Å². The second-order valence-electron chi connectivity index (χ2n) is 8.50. The summed E-state index contributed by atoms with van der Waals surface area (Å²) in [6.45, 7) is 0.268. The Hall–Kier alpha value is -4.27. The van der Waals surface area contributed by atoms with Crippen molar-refractivity contribution in [2.45, 2.75) is 16.3 Å². The number of aromatic amines is 1. The van der Waals surface area contributed by atoms with Crippen LogP contribution < -0.4 is 5.32 Å². The Bertz CT molecular complexity index is 1700. The van der Waals surface area contributed by atoms with Gasteiger partial charge in [0.2, 0.25) is 9.84 Å². The van der Waals surface area contributed by atoms with Gasteiger partial charge in [-0.25, -0.2) is 17.8 Å². The van der Waals surface area contributed by atoms with Crippen molar-refractivity contribution in [3.8, 4) is 5.88 Å². The Balaban J connectivity index is 1.79. The quantitative estimate of drug-likeness (QED) is 0.191. The van der Waals surface area contributed by atoms with Crippen LogP contribution in [-0.4, -0.2) is 31.3 Å². The van der Waals surface area contributed by atoms with E-state index in [2.05, 4.69) is 10.3 Å². The normalized spacial score (nSPS) is 12.2. The van der Waals surface area contributed by atoms with Gasteiger partial charge in [-0.15, -0.1) is 0 Å². The van der Waals surface area contributed by atoms with E-state index >= 15 is 0 Å².